The number of nitrogens with zero attached hydrogens (tertiary/aromatic N) is 3. The molecule has 0 bridgehead atoms. The van der Waals surface area contributed by atoms with Gasteiger partial charge >= 0.3 is 0 Å². The molecule has 20 heavy (non-hydrogen) atoms. The van der Waals surface area contributed by atoms with Crippen LogP contribution in [0, 0.1) is 13.8 Å². The first-order chi connectivity index (χ1) is 9.58. The molecule has 0 saturated carbocycles. The zero-order valence-electron chi connectivity index (χ0n) is 11.4. The second-order valence-corrected chi connectivity index (χ2v) is 6.09. The van der Waals surface area contributed by atoms with Crippen molar-refractivity contribution in [2.24, 2.45) is 0 Å². The summed E-state index contributed by atoms with van der Waals surface area (Å²) in [5.41, 5.74) is 1.79. The number of thiazole rings is 1. The van der Waals surface area contributed by atoms with Crippen LogP contribution in [0.5, 0.6) is 0 Å². The van der Waals surface area contributed by atoms with Gasteiger partial charge in [0.05, 0.1) is 21.1 Å². The van der Waals surface area contributed by atoms with Crippen LogP contribution in [0.15, 0.2) is 18.2 Å². The normalized spacial score (nSPS) is 11.0. The number of rotatable bonds is 2. The van der Waals surface area contributed by atoms with Gasteiger partial charge in [0.15, 0.2) is 5.82 Å². The smallest absolute Gasteiger partial charge is 0.174 e. The highest BCUT2D eigenvalue weighted by molar-refractivity contribution is 7.15. The summed E-state index contributed by atoms with van der Waals surface area (Å²) >= 11 is 7.66. The van der Waals surface area contributed by atoms with Crippen LogP contribution in [0.25, 0.3) is 21.6 Å². The fourth-order valence-electron chi connectivity index (χ4n) is 2.13. The summed E-state index contributed by atoms with van der Waals surface area (Å²) in [5.74, 6) is 1.49. The maximum absolute atomic E-state index is 6.06. The van der Waals surface area contributed by atoms with Crippen LogP contribution in [0.1, 0.15) is 10.7 Å². The van der Waals surface area contributed by atoms with Crippen molar-refractivity contribution in [2.45, 2.75) is 13.8 Å². The fourth-order valence-corrected chi connectivity index (χ4v) is 3.15. The van der Waals surface area contributed by atoms with E-state index in [2.05, 4.69) is 20.3 Å². The summed E-state index contributed by atoms with van der Waals surface area (Å²) in [4.78, 5) is 14.7. The molecule has 0 radical (unpaired) electrons. The molecule has 3 aromatic rings. The number of anilines is 1. The number of aromatic nitrogens is 3. The molecular formula is C14H13ClN4S. The molecule has 0 atom stereocenters. The van der Waals surface area contributed by atoms with E-state index in [9.17, 15) is 0 Å². The number of nitrogens with one attached hydrogen (secondary N) is 1. The van der Waals surface area contributed by atoms with Gasteiger partial charge in [-0.15, -0.1) is 11.3 Å². The second kappa shape index (κ2) is 5.00. The zero-order chi connectivity index (χ0) is 14.3. The molecular weight excluding hydrogens is 292 g/mol. The zero-order valence-corrected chi connectivity index (χ0v) is 12.9. The van der Waals surface area contributed by atoms with E-state index in [1.165, 1.54) is 0 Å². The van der Waals surface area contributed by atoms with Crippen molar-refractivity contribution in [3.63, 3.8) is 0 Å². The van der Waals surface area contributed by atoms with Gasteiger partial charge in [-0.1, -0.05) is 11.6 Å². The first-order valence-electron chi connectivity index (χ1n) is 6.18. The van der Waals surface area contributed by atoms with Gasteiger partial charge in [-0.3, -0.25) is 0 Å². The van der Waals surface area contributed by atoms with E-state index in [4.69, 9.17) is 11.6 Å². The van der Waals surface area contributed by atoms with Crippen LogP contribution in [0.4, 0.5) is 5.82 Å². The third-order valence-corrected chi connectivity index (χ3v) is 4.31. The second-order valence-electron chi connectivity index (χ2n) is 4.45. The molecule has 0 fully saturated rings. The lowest BCUT2D eigenvalue weighted by Crippen LogP contribution is -1.98. The summed E-state index contributed by atoms with van der Waals surface area (Å²) < 4.78 is 0. The van der Waals surface area contributed by atoms with Gasteiger partial charge in [0.2, 0.25) is 0 Å². The predicted octanol–water partition coefficient (Wildman–Crippen LogP) is 4.07. The van der Waals surface area contributed by atoms with Gasteiger partial charge in [0, 0.05) is 17.5 Å². The van der Waals surface area contributed by atoms with Crippen molar-refractivity contribution >= 4 is 39.7 Å². The van der Waals surface area contributed by atoms with E-state index in [0.29, 0.717) is 10.8 Å². The quantitative estimate of drug-likeness (QED) is 0.775. The van der Waals surface area contributed by atoms with E-state index < -0.39 is 0 Å². The Balaban J connectivity index is 2.29. The van der Waals surface area contributed by atoms with Crippen molar-refractivity contribution in [1.29, 1.82) is 0 Å². The van der Waals surface area contributed by atoms with Gasteiger partial charge in [0.25, 0.3) is 0 Å². The Morgan fingerprint density at radius 3 is 2.60 bits per heavy atom. The number of hydrogen-bond donors (Lipinski definition) is 1. The van der Waals surface area contributed by atoms with E-state index in [1.807, 2.05) is 39.1 Å². The molecule has 0 aliphatic heterocycles. The standard InChI is InChI=1S/C14H13ClN4S/c1-7-12(20-8(2)17-7)14-18-11-6-9(15)4-5-10(11)13(16-3)19-14/h4-6H,1-3H3,(H,16,18,19). The molecule has 0 saturated heterocycles. The molecule has 2 heterocycles. The highest BCUT2D eigenvalue weighted by Gasteiger charge is 2.14. The molecule has 1 aromatic carbocycles. The van der Waals surface area contributed by atoms with Crippen molar-refractivity contribution in [3.8, 4) is 10.7 Å². The molecule has 0 spiro atoms. The Morgan fingerprint density at radius 1 is 1.15 bits per heavy atom. The number of fused-ring (bicyclic) bond motifs is 1. The minimum atomic E-state index is 0.668. The van der Waals surface area contributed by atoms with Crippen molar-refractivity contribution < 1.29 is 0 Å². The highest BCUT2D eigenvalue weighted by Crippen LogP contribution is 2.31. The summed E-state index contributed by atoms with van der Waals surface area (Å²) in [6.45, 7) is 3.96. The number of benzene rings is 1. The van der Waals surface area contributed by atoms with Crippen LogP contribution >= 0.6 is 22.9 Å². The number of aryl methyl sites for hydroxylation is 2. The molecule has 2 aromatic heterocycles. The van der Waals surface area contributed by atoms with Crippen LogP contribution < -0.4 is 5.32 Å². The topological polar surface area (TPSA) is 50.7 Å². The SMILES string of the molecule is CNc1nc(-c2sc(C)nc2C)nc2cc(Cl)ccc12. The van der Waals surface area contributed by atoms with Crippen LogP contribution in [0.2, 0.25) is 5.02 Å². The molecule has 102 valence electrons. The average Bonchev–Trinajstić information content (AvgIpc) is 2.76. The lowest BCUT2D eigenvalue weighted by molar-refractivity contribution is 1.17. The molecule has 4 nitrogen and oxygen atoms in total. The Kier molecular flexibility index (Phi) is 3.31. The largest absolute Gasteiger partial charge is 0.373 e. The van der Waals surface area contributed by atoms with Crippen molar-refractivity contribution in [3.05, 3.63) is 33.9 Å². The molecule has 1 N–H and O–H groups in total. The number of hydrogen-bond acceptors (Lipinski definition) is 5. The van der Waals surface area contributed by atoms with Gasteiger partial charge in [-0.25, -0.2) is 15.0 Å². The summed E-state index contributed by atoms with van der Waals surface area (Å²) in [6.07, 6.45) is 0. The average molecular weight is 305 g/mol. The van der Waals surface area contributed by atoms with E-state index >= 15 is 0 Å². The Morgan fingerprint density at radius 2 is 1.95 bits per heavy atom. The fraction of sp³-hybridized carbons (Fsp3) is 0.214. The maximum atomic E-state index is 6.06. The first kappa shape index (κ1) is 13.3. The minimum Gasteiger partial charge on any atom is -0.373 e. The maximum Gasteiger partial charge on any atom is 0.174 e. The Bertz CT molecular complexity index is 797. The molecule has 0 aliphatic carbocycles. The van der Waals surface area contributed by atoms with Gasteiger partial charge < -0.3 is 5.32 Å². The third kappa shape index (κ3) is 2.23. The monoisotopic (exact) mass is 304 g/mol. The van der Waals surface area contributed by atoms with Crippen LogP contribution in [0.3, 0.4) is 0 Å². The predicted molar refractivity (Wildman–Crippen MR) is 84.7 cm³/mol. The summed E-state index contributed by atoms with van der Waals surface area (Å²) in [7, 11) is 1.85. The molecule has 0 amide bonds. The van der Waals surface area contributed by atoms with E-state index in [0.717, 1.165) is 32.3 Å². The van der Waals surface area contributed by atoms with Gasteiger partial charge in [0.1, 0.15) is 5.82 Å². The van der Waals surface area contributed by atoms with Crippen LogP contribution in [-0.2, 0) is 0 Å². The lowest BCUT2D eigenvalue weighted by Gasteiger charge is -2.07. The van der Waals surface area contributed by atoms with Gasteiger partial charge in [-0.2, -0.15) is 0 Å². The lowest BCUT2D eigenvalue weighted by atomic mass is 10.2. The third-order valence-electron chi connectivity index (χ3n) is 3.00. The summed E-state index contributed by atoms with van der Waals surface area (Å²) in [6, 6.07) is 5.63. The minimum absolute atomic E-state index is 0.668. The molecule has 0 unspecified atom stereocenters. The van der Waals surface area contributed by atoms with E-state index in [1.54, 1.807) is 11.3 Å². The molecule has 6 heteroatoms. The number of halogens is 1. The van der Waals surface area contributed by atoms with Crippen molar-refractivity contribution in [1.82, 2.24) is 15.0 Å². The van der Waals surface area contributed by atoms with Crippen LogP contribution in [-0.4, -0.2) is 22.0 Å². The Hall–Kier alpha value is -1.72. The van der Waals surface area contributed by atoms with E-state index in [-0.39, 0.29) is 0 Å². The highest BCUT2D eigenvalue weighted by atomic mass is 35.5. The molecule has 0 aliphatic rings. The van der Waals surface area contributed by atoms with Gasteiger partial charge in [-0.05, 0) is 32.0 Å². The Labute approximate surface area is 125 Å². The van der Waals surface area contributed by atoms with Crippen molar-refractivity contribution in [2.75, 3.05) is 12.4 Å². The summed E-state index contributed by atoms with van der Waals surface area (Å²) in [5, 5.41) is 5.75. The first-order valence-corrected chi connectivity index (χ1v) is 7.37. The molecule has 3 rings (SSSR count).